The summed E-state index contributed by atoms with van der Waals surface area (Å²) in [6, 6.07) is 4.29. The molecular weight excluding hydrogens is 520 g/mol. The lowest BCUT2D eigenvalue weighted by molar-refractivity contribution is -0.689. The van der Waals surface area contributed by atoms with Gasteiger partial charge >= 0.3 is 5.97 Å². The highest BCUT2D eigenvalue weighted by atomic mass is 16.4. The largest absolute Gasteiger partial charge is 0.481 e. The van der Waals surface area contributed by atoms with E-state index in [-0.39, 0.29) is 39.6 Å². The maximum atomic E-state index is 13.2. The minimum absolute atomic E-state index is 0.0478. The van der Waals surface area contributed by atoms with Crippen molar-refractivity contribution in [2.24, 2.45) is 56.7 Å². The SMILES string of the molecule is C=C(C[n+]1ccc(N(C)C)cc1)[C@@H]1CC[C@]2(C(=O)O)CC[C@]3(C)[C@H](CC[C@@H]4[C@@]5(C)CC[C@H](O)C(C)(C)[C@@H]5CC[C@]43C)[C@@H]12. The highest BCUT2D eigenvalue weighted by Gasteiger charge is 2.72. The van der Waals surface area contributed by atoms with Gasteiger partial charge in [-0.3, -0.25) is 4.79 Å². The van der Waals surface area contributed by atoms with Crippen molar-refractivity contribution in [1.29, 1.82) is 0 Å². The van der Waals surface area contributed by atoms with Gasteiger partial charge in [0, 0.05) is 31.9 Å². The summed E-state index contributed by atoms with van der Waals surface area (Å²) < 4.78 is 2.22. The molecule has 1 aromatic heterocycles. The van der Waals surface area contributed by atoms with Crippen LogP contribution in [0.2, 0.25) is 0 Å². The number of nitrogens with zero attached hydrogens (tertiary/aromatic N) is 2. The summed E-state index contributed by atoms with van der Waals surface area (Å²) in [5.74, 6) is 1.44. The molecule has 5 aliphatic rings. The van der Waals surface area contributed by atoms with Crippen molar-refractivity contribution in [2.75, 3.05) is 19.0 Å². The Morgan fingerprint density at radius 2 is 1.60 bits per heavy atom. The zero-order valence-corrected chi connectivity index (χ0v) is 27.5. The second kappa shape index (κ2) is 9.81. The minimum atomic E-state index is -0.613. The standard InChI is InChI=1S/C37H56N2O3/c1-24(23-39-21-14-25(15-22-39)38(7)8)26-11-18-37(32(41)42)20-19-35(5)27(31(26)37)9-10-29-34(4)16-13-30(40)33(2,3)28(34)12-17-36(29,35)6/h14-15,21-22,26-31,40H,1,9-13,16-20,23H2,2-8H3/p+1/t26-,27+,28-,29+,30-,31+,34-,35+,36+,37-/m0/s1. The number of fused-ring (bicyclic) bond motifs is 7. The second-order valence-electron chi connectivity index (χ2n) is 17.0. The highest BCUT2D eigenvalue weighted by Crippen LogP contribution is 2.77. The third kappa shape index (κ3) is 3.96. The lowest BCUT2D eigenvalue weighted by atomic mass is 9.32. The molecule has 2 N–H and O–H groups in total. The zero-order valence-electron chi connectivity index (χ0n) is 27.5. The van der Waals surface area contributed by atoms with Crippen molar-refractivity contribution in [3.63, 3.8) is 0 Å². The van der Waals surface area contributed by atoms with Gasteiger partial charge in [-0.2, -0.15) is 0 Å². The van der Waals surface area contributed by atoms with Crippen LogP contribution in [0.25, 0.3) is 0 Å². The number of aliphatic carboxylic acids is 1. The fraction of sp³-hybridized carbons (Fsp3) is 0.784. The molecule has 0 amide bonds. The molecule has 5 saturated carbocycles. The van der Waals surface area contributed by atoms with E-state index in [4.69, 9.17) is 0 Å². The van der Waals surface area contributed by atoms with Gasteiger partial charge in [-0.25, -0.2) is 4.57 Å². The van der Waals surface area contributed by atoms with E-state index >= 15 is 0 Å². The molecule has 0 bridgehead atoms. The van der Waals surface area contributed by atoms with Gasteiger partial charge in [-0.05, 0) is 121 Å². The molecule has 10 atom stereocenters. The molecule has 0 aliphatic heterocycles. The van der Waals surface area contributed by atoms with Crippen LogP contribution < -0.4 is 9.47 Å². The maximum Gasteiger partial charge on any atom is 0.309 e. The Morgan fingerprint density at radius 1 is 0.905 bits per heavy atom. The fourth-order valence-corrected chi connectivity index (χ4v) is 12.6. The van der Waals surface area contributed by atoms with Crippen LogP contribution in [0, 0.1) is 56.7 Å². The Balaban J connectivity index is 1.33. The van der Waals surface area contributed by atoms with Crippen LogP contribution >= 0.6 is 0 Å². The number of aliphatic hydroxyl groups is 1. The third-order valence-corrected chi connectivity index (χ3v) is 15.1. The van der Waals surface area contributed by atoms with Crippen LogP contribution in [0.4, 0.5) is 5.69 Å². The van der Waals surface area contributed by atoms with Gasteiger partial charge in [0.15, 0.2) is 18.9 Å². The van der Waals surface area contributed by atoms with Gasteiger partial charge in [0.2, 0.25) is 0 Å². The summed E-state index contributed by atoms with van der Waals surface area (Å²) >= 11 is 0. The predicted molar refractivity (Wildman–Crippen MR) is 168 cm³/mol. The van der Waals surface area contributed by atoms with E-state index in [9.17, 15) is 15.0 Å². The maximum absolute atomic E-state index is 13.2. The molecule has 5 nitrogen and oxygen atoms in total. The Labute approximate surface area is 254 Å². The van der Waals surface area contributed by atoms with Crippen molar-refractivity contribution < 1.29 is 19.6 Å². The normalized spacial score (nSPS) is 45.6. The summed E-state index contributed by atoms with van der Waals surface area (Å²) in [6.45, 7) is 17.8. The van der Waals surface area contributed by atoms with Gasteiger partial charge in [-0.1, -0.05) is 41.2 Å². The van der Waals surface area contributed by atoms with Crippen molar-refractivity contribution in [3.8, 4) is 0 Å². The number of pyridine rings is 1. The fourth-order valence-electron chi connectivity index (χ4n) is 12.6. The Morgan fingerprint density at radius 3 is 2.24 bits per heavy atom. The summed E-state index contributed by atoms with van der Waals surface area (Å²) in [4.78, 5) is 15.3. The number of allylic oxidation sites excluding steroid dienone is 1. The van der Waals surface area contributed by atoms with Gasteiger partial charge in [0.1, 0.15) is 0 Å². The Bertz CT molecular complexity index is 1240. The number of aromatic nitrogens is 1. The molecule has 5 fully saturated rings. The molecule has 1 aromatic rings. The number of aliphatic hydroxyl groups excluding tert-OH is 1. The average molecular weight is 578 g/mol. The number of carbonyl (C=O) groups is 1. The smallest absolute Gasteiger partial charge is 0.309 e. The van der Waals surface area contributed by atoms with Crippen LogP contribution in [0.3, 0.4) is 0 Å². The van der Waals surface area contributed by atoms with E-state index in [1.807, 2.05) is 0 Å². The van der Waals surface area contributed by atoms with E-state index < -0.39 is 11.4 Å². The first-order valence-electron chi connectivity index (χ1n) is 16.9. The Hall–Kier alpha value is -1.88. The lowest BCUT2D eigenvalue weighted by Crippen LogP contribution is -2.67. The summed E-state index contributed by atoms with van der Waals surface area (Å²) in [5.41, 5.74) is 2.27. The first-order chi connectivity index (χ1) is 19.6. The zero-order chi connectivity index (χ0) is 30.5. The van der Waals surface area contributed by atoms with Gasteiger partial charge in [0.05, 0.1) is 11.5 Å². The molecular formula is C37H57N2O3+. The van der Waals surface area contributed by atoms with E-state index in [0.717, 1.165) is 51.5 Å². The molecule has 0 aromatic carbocycles. The van der Waals surface area contributed by atoms with Crippen LogP contribution in [-0.2, 0) is 11.3 Å². The Kier molecular flexibility index (Phi) is 7.04. The summed E-state index contributed by atoms with van der Waals surface area (Å²) in [7, 11) is 4.12. The third-order valence-electron chi connectivity index (χ3n) is 15.1. The molecule has 0 spiro atoms. The highest BCUT2D eigenvalue weighted by molar-refractivity contribution is 5.76. The number of hydrogen-bond donors (Lipinski definition) is 2. The average Bonchev–Trinajstić information content (AvgIpc) is 3.33. The molecule has 1 heterocycles. The number of rotatable bonds is 5. The van der Waals surface area contributed by atoms with Gasteiger partial charge < -0.3 is 15.1 Å². The van der Waals surface area contributed by atoms with Gasteiger partial charge in [-0.15, -0.1) is 0 Å². The van der Waals surface area contributed by atoms with E-state index in [0.29, 0.717) is 17.8 Å². The molecule has 5 aliphatic carbocycles. The number of carboxylic acid groups (broad SMARTS) is 1. The predicted octanol–water partition coefficient (Wildman–Crippen LogP) is 7.12. The second-order valence-corrected chi connectivity index (χ2v) is 17.0. The minimum Gasteiger partial charge on any atom is -0.481 e. The topological polar surface area (TPSA) is 64.7 Å². The van der Waals surface area contributed by atoms with Crippen molar-refractivity contribution in [2.45, 2.75) is 111 Å². The van der Waals surface area contributed by atoms with Crippen LogP contribution in [0.15, 0.2) is 36.7 Å². The molecule has 0 unspecified atom stereocenters. The van der Waals surface area contributed by atoms with Crippen molar-refractivity contribution in [3.05, 3.63) is 36.7 Å². The number of hydrogen-bond acceptors (Lipinski definition) is 3. The lowest BCUT2D eigenvalue weighted by Gasteiger charge is -2.72. The number of anilines is 1. The van der Waals surface area contributed by atoms with Crippen LogP contribution in [-0.4, -0.2) is 36.4 Å². The monoisotopic (exact) mass is 577 g/mol. The van der Waals surface area contributed by atoms with E-state index in [1.165, 1.54) is 30.5 Å². The molecule has 5 heteroatoms. The van der Waals surface area contributed by atoms with E-state index in [1.54, 1.807) is 0 Å². The molecule has 0 radical (unpaired) electrons. The molecule has 42 heavy (non-hydrogen) atoms. The van der Waals surface area contributed by atoms with Crippen molar-refractivity contribution >= 4 is 11.7 Å². The number of carboxylic acids is 1. The van der Waals surface area contributed by atoms with E-state index in [2.05, 4.69) is 89.3 Å². The van der Waals surface area contributed by atoms with Crippen molar-refractivity contribution in [1.82, 2.24) is 0 Å². The summed E-state index contributed by atoms with van der Waals surface area (Å²) in [6.07, 6.45) is 14.4. The first kappa shape index (κ1) is 30.2. The molecule has 0 saturated heterocycles. The quantitative estimate of drug-likeness (QED) is 0.289. The molecule has 6 rings (SSSR count). The molecule has 232 valence electrons. The summed E-state index contributed by atoms with van der Waals surface area (Å²) in [5, 5.41) is 21.9. The first-order valence-corrected chi connectivity index (χ1v) is 16.9. The van der Waals surface area contributed by atoms with Gasteiger partial charge in [0.25, 0.3) is 0 Å². The van der Waals surface area contributed by atoms with Crippen LogP contribution in [0.1, 0.15) is 98.8 Å². The van der Waals surface area contributed by atoms with Crippen LogP contribution in [0.5, 0.6) is 0 Å².